The molecule has 6 heteroatoms. The van der Waals surface area contributed by atoms with Crippen molar-refractivity contribution in [3.63, 3.8) is 0 Å². The number of benzene rings is 5. The van der Waals surface area contributed by atoms with E-state index >= 15 is 0 Å². The summed E-state index contributed by atoms with van der Waals surface area (Å²) in [5.74, 6) is 0. The Kier molecular flexibility index (Phi) is 9.05. The predicted octanol–water partition coefficient (Wildman–Crippen LogP) is 13.9. The van der Waals surface area contributed by atoms with Crippen LogP contribution in [0.15, 0.2) is 164 Å². The average Bonchev–Trinajstić information content (AvgIpc) is 3.80. The lowest BCUT2D eigenvalue weighted by Gasteiger charge is -2.22. The van der Waals surface area contributed by atoms with E-state index in [0.717, 1.165) is 90.9 Å². The summed E-state index contributed by atoms with van der Waals surface area (Å²) in [6.45, 7) is 12.4. The molecule has 10 aromatic rings. The summed E-state index contributed by atoms with van der Waals surface area (Å²) in [5.41, 5.74) is 26.9. The van der Waals surface area contributed by atoms with Gasteiger partial charge in [-0.1, -0.05) is 67.3 Å². The molecule has 1 aliphatic carbocycles. The van der Waals surface area contributed by atoms with Gasteiger partial charge in [0.2, 0.25) is 0 Å². The number of nitrogens with two attached hydrogens (primary N) is 1. The lowest BCUT2D eigenvalue weighted by atomic mass is 9.84. The second-order valence-corrected chi connectivity index (χ2v) is 16.7. The average molecular weight is 815 g/mol. The highest BCUT2D eigenvalue weighted by Crippen LogP contribution is 2.45. The van der Waals surface area contributed by atoms with Crippen molar-refractivity contribution in [2.45, 2.75) is 40.5 Å². The molecule has 2 N–H and O–H groups in total. The zero-order chi connectivity index (χ0) is 42.9. The molecule has 0 fully saturated rings. The number of rotatable bonds is 7. The summed E-state index contributed by atoms with van der Waals surface area (Å²) < 4.78 is 4.75. The summed E-state index contributed by atoms with van der Waals surface area (Å²) in [5, 5.41) is 7.11. The van der Waals surface area contributed by atoms with E-state index in [9.17, 15) is 0 Å². The van der Waals surface area contributed by atoms with E-state index in [4.69, 9.17) is 15.7 Å². The topological polar surface area (TPSA) is 74.5 Å². The highest BCUT2D eigenvalue weighted by Gasteiger charge is 2.25. The van der Waals surface area contributed by atoms with Gasteiger partial charge in [-0.3, -0.25) is 15.0 Å². The van der Waals surface area contributed by atoms with Crippen molar-refractivity contribution < 1.29 is 0 Å². The van der Waals surface area contributed by atoms with Gasteiger partial charge in [-0.05, 0) is 152 Å². The van der Waals surface area contributed by atoms with Crippen LogP contribution in [0.3, 0.4) is 0 Å². The van der Waals surface area contributed by atoms with Crippen molar-refractivity contribution in [1.82, 2.24) is 24.1 Å². The van der Waals surface area contributed by atoms with Gasteiger partial charge in [0.25, 0.3) is 0 Å². The molecule has 0 amide bonds. The van der Waals surface area contributed by atoms with Crippen LogP contribution >= 0.6 is 0 Å². The molecule has 0 unspecified atom stereocenters. The molecule has 0 saturated heterocycles. The summed E-state index contributed by atoms with van der Waals surface area (Å²) in [7, 11) is 0. The number of hydrogen-bond acceptors (Lipinski definition) is 4. The molecule has 1 aliphatic rings. The number of hydrogen-bond donors (Lipinski definition) is 1. The van der Waals surface area contributed by atoms with Crippen molar-refractivity contribution in [3.8, 4) is 39.3 Å². The fourth-order valence-corrected chi connectivity index (χ4v) is 9.96. The number of aryl methyl sites for hydroxylation is 4. The molecular formula is C57H46N6. The minimum absolute atomic E-state index is 0.937. The lowest BCUT2D eigenvalue weighted by Crippen LogP contribution is -2.06. The maximum Gasteiger partial charge on any atom is 0.0780 e. The van der Waals surface area contributed by atoms with Crippen LogP contribution in [0, 0.1) is 13.8 Å². The van der Waals surface area contributed by atoms with Crippen LogP contribution in [0.25, 0.3) is 105 Å². The number of nitrogens with zero attached hydrogens (tertiary/aromatic N) is 5. The molecule has 11 rings (SSSR count). The second kappa shape index (κ2) is 15.0. The van der Waals surface area contributed by atoms with E-state index < -0.39 is 0 Å². The van der Waals surface area contributed by atoms with Crippen LogP contribution in [-0.4, -0.2) is 24.1 Å². The van der Waals surface area contributed by atoms with E-state index in [2.05, 4.69) is 164 Å². The van der Waals surface area contributed by atoms with Gasteiger partial charge >= 0.3 is 0 Å². The van der Waals surface area contributed by atoms with Crippen LogP contribution in [0.4, 0.5) is 0 Å². The van der Waals surface area contributed by atoms with E-state index in [0.29, 0.717) is 0 Å². The van der Waals surface area contributed by atoms with Crippen molar-refractivity contribution in [2.24, 2.45) is 5.73 Å². The highest BCUT2D eigenvalue weighted by atomic mass is 15.0. The van der Waals surface area contributed by atoms with Crippen LogP contribution in [0.1, 0.15) is 41.7 Å². The normalized spacial score (nSPS) is 13.2. The van der Waals surface area contributed by atoms with Gasteiger partial charge in [-0.2, -0.15) is 0 Å². The third-order valence-electron chi connectivity index (χ3n) is 13.2. The monoisotopic (exact) mass is 814 g/mol. The number of allylic oxidation sites excluding steroid dienone is 5. The van der Waals surface area contributed by atoms with E-state index in [1.807, 2.05) is 36.9 Å². The first-order valence-corrected chi connectivity index (χ1v) is 21.6. The molecule has 0 aliphatic heterocycles. The van der Waals surface area contributed by atoms with Crippen molar-refractivity contribution in [3.05, 3.63) is 192 Å². The summed E-state index contributed by atoms with van der Waals surface area (Å²) in [4.78, 5) is 14.5. The molecule has 0 spiro atoms. The minimum Gasteiger partial charge on any atom is -0.403 e. The van der Waals surface area contributed by atoms with Crippen molar-refractivity contribution in [1.29, 1.82) is 0 Å². The molecule has 5 aromatic carbocycles. The minimum atomic E-state index is 0.937. The Balaban J connectivity index is 1.17. The summed E-state index contributed by atoms with van der Waals surface area (Å²) in [6, 6.07) is 38.0. The standard InChI is InChI=1S/C57H46N6/c1-6-8-12-42-35(4)21-24-60-56(42)40-16-19-51-47(28-40)49-27-39-15-14-38-26-48-46-29-41(57-43-13-10-9-11-37(43)22-25-61-57)17-18-50(46)62(54(32-58)34(3)7-2)52(48)30-44(38)45(39)31-53(49)63(51)55-33-59-23-20-36(55)5/h6-13,16-33H,1,14-15,58H2,2-5H3/b12-8-,34-7-,54-32+. The molecule has 5 aromatic heterocycles. The van der Waals surface area contributed by atoms with Gasteiger partial charge in [0.15, 0.2) is 0 Å². The highest BCUT2D eigenvalue weighted by molar-refractivity contribution is 6.15. The molecular weight excluding hydrogens is 769 g/mol. The van der Waals surface area contributed by atoms with Gasteiger partial charge in [0.1, 0.15) is 0 Å². The Labute approximate surface area is 366 Å². The molecule has 0 bridgehead atoms. The Morgan fingerprint density at radius 3 is 2.06 bits per heavy atom. The summed E-state index contributed by atoms with van der Waals surface area (Å²) >= 11 is 0. The molecule has 63 heavy (non-hydrogen) atoms. The third kappa shape index (κ3) is 5.97. The van der Waals surface area contributed by atoms with Gasteiger partial charge in [0, 0.05) is 68.4 Å². The number of aromatic nitrogens is 5. The molecule has 6 nitrogen and oxygen atoms in total. The predicted molar refractivity (Wildman–Crippen MR) is 265 cm³/mol. The fraction of sp³-hybridized carbons (Fsp3) is 0.105. The SMILES string of the molecule is C=C/C=C\c1c(C)ccnc1-c1ccc2c(c1)c1cc3c(cc1n2-c1cnccc1C)-c1cc2c(cc1CC3)c1cc(-c3nccc4ccccc34)ccc1n2C(=C/N)/C(C)=C\C. The van der Waals surface area contributed by atoms with Crippen LogP contribution < -0.4 is 5.73 Å². The zero-order valence-electron chi connectivity index (χ0n) is 35.9. The Hall–Kier alpha value is -7.83. The number of fused-ring (bicyclic) bond motifs is 10. The maximum absolute atomic E-state index is 6.54. The van der Waals surface area contributed by atoms with E-state index in [-0.39, 0.29) is 0 Å². The van der Waals surface area contributed by atoms with Crippen LogP contribution in [0.5, 0.6) is 0 Å². The first-order valence-electron chi connectivity index (χ1n) is 21.6. The van der Waals surface area contributed by atoms with Gasteiger partial charge in [-0.15, -0.1) is 0 Å². The van der Waals surface area contributed by atoms with Gasteiger partial charge in [-0.25, -0.2) is 0 Å². The Bertz CT molecular complexity index is 3640. The van der Waals surface area contributed by atoms with E-state index in [1.54, 1.807) is 6.20 Å². The maximum atomic E-state index is 6.54. The molecule has 304 valence electrons. The quantitative estimate of drug-likeness (QED) is 0.163. The first-order chi connectivity index (χ1) is 30.9. The molecule has 0 saturated carbocycles. The van der Waals surface area contributed by atoms with Gasteiger partial charge < -0.3 is 14.9 Å². The number of pyridine rings is 3. The second-order valence-electron chi connectivity index (χ2n) is 16.7. The largest absolute Gasteiger partial charge is 0.403 e. The van der Waals surface area contributed by atoms with Gasteiger partial charge in [0.05, 0.1) is 51.0 Å². The van der Waals surface area contributed by atoms with Crippen molar-refractivity contribution in [2.75, 3.05) is 0 Å². The first kappa shape index (κ1) is 38.1. The van der Waals surface area contributed by atoms with E-state index in [1.165, 1.54) is 54.7 Å². The fourth-order valence-electron chi connectivity index (χ4n) is 9.96. The molecule has 0 atom stereocenters. The van der Waals surface area contributed by atoms with Crippen molar-refractivity contribution >= 4 is 66.2 Å². The van der Waals surface area contributed by atoms with Crippen LogP contribution in [0.2, 0.25) is 0 Å². The third-order valence-corrected chi connectivity index (χ3v) is 13.2. The lowest BCUT2D eigenvalue weighted by molar-refractivity contribution is 0.946. The smallest absolute Gasteiger partial charge is 0.0780 e. The molecule has 0 radical (unpaired) electrons. The summed E-state index contributed by atoms with van der Waals surface area (Å²) in [6.07, 6.45) is 19.3. The zero-order valence-corrected chi connectivity index (χ0v) is 35.9. The molecule has 5 heterocycles. The Morgan fingerprint density at radius 1 is 0.667 bits per heavy atom. The Morgan fingerprint density at radius 2 is 1.32 bits per heavy atom. The van der Waals surface area contributed by atoms with Crippen LogP contribution in [-0.2, 0) is 12.8 Å².